The molecule has 1 aliphatic rings. The molecule has 0 radical (unpaired) electrons. The van der Waals surface area contributed by atoms with Gasteiger partial charge in [-0.05, 0) is 75.9 Å². The number of likely N-dealkylation sites (N-methyl/N-ethyl adjacent to an activating group) is 1. The second-order valence-electron chi connectivity index (χ2n) is 9.38. The summed E-state index contributed by atoms with van der Waals surface area (Å²) in [5.41, 5.74) is 8.28. The third-order valence-corrected chi connectivity index (χ3v) is 6.84. The average molecular weight is 509 g/mol. The molecule has 0 bridgehead atoms. The van der Waals surface area contributed by atoms with Crippen molar-refractivity contribution in [2.75, 3.05) is 14.1 Å². The predicted octanol–water partition coefficient (Wildman–Crippen LogP) is 6.64. The topological polar surface area (TPSA) is 48.8 Å². The molecule has 0 aromatic heterocycles. The number of para-hydroxylation sites is 2. The maximum atomic E-state index is 5.05. The summed E-state index contributed by atoms with van der Waals surface area (Å²) < 4.78 is 0. The van der Waals surface area contributed by atoms with E-state index < -0.39 is 0 Å². The molecule has 2 N–H and O–H groups in total. The Bertz CT molecular complexity index is 1810. The maximum absolute atomic E-state index is 5.05. The Kier molecular flexibility index (Phi) is 7.37. The van der Waals surface area contributed by atoms with Gasteiger partial charge in [-0.1, -0.05) is 91.5 Å². The quantitative estimate of drug-likeness (QED) is 0.307. The van der Waals surface area contributed by atoms with Gasteiger partial charge in [-0.2, -0.15) is 0 Å². The van der Waals surface area contributed by atoms with E-state index in [1.165, 1.54) is 5.56 Å². The predicted molar refractivity (Wildman–Crippen MR) is 165 cm³/mol. The van der Waals surface area contributed by atoms with Gasteiger partial charge in [-0.3, -0.25) is 0 Å². The molecule has 1 heterocycles. The summed E-state index contributed by atoms with van der Waals surface area (Å²) in [5, 5.41) is 10.3. The summed E-state index contributed by atoms with van der Waals surface area (Å²) in [6.07, 6.45) is 8.09. The Hall–Kier alpha value is -4.96. The fourth-order valence-corrected chi connectivity index (χ4v) is 4.94. The van der Waals surface area contributed by atoms with Gasteiger partial charge in [-0.25, -0.2) is 9.98 Å². The molecule has 0 unspecified atom stereocenters. The van der Waals surface area contributed by atoms with Crippen molar-refractivity contribution in [1.82, 2.24) is 10.6 Å². The van der Waals surface area contributed by atoms with Crippen molar-refractivity contribution in [2.24, 2.45) is 9.98 Å². The van der Waals surface area contributed by atoms with Crippen LogP contribution in [0.5, 0.6) is 0 Å². The molecular weight excluding hydrogens is 476 g/mol. The van der Waals surface area contributed by atoms with Gasteiger partial charge in [0.25, 0.3) is 0 Å². The highest BCUT2D eigenvalue weighted by Gasteiger charge is 2.15. The Morgan fingerprint density at radius 1 is 0.744 bits per heavy atom. The van der Waals surface area contributed by atoms with Crippen molar-refractivity contribution in [3.63, 3.8) is 0 Å². The van der Waals surface area contributed by atoms with Crippen LogP contribution in [0, 0.1) is 0 Å². The van der Waals surface area contributed by atoms with E-state index in [0.29, 0.717) is 0 Å². The zero-order chi connectivity index (χ0) is 27.4. The van der Waals surface area contributed by atoms with Crippen LogP contribution < -0.4 is 21.3 Å². The number of allylic oxidation sites excluding steroid dienone is 3. The van der Waals surface area contributed by atoms with Crippen molar-refractivity contribution in [3.8, 4) is 11.1 Å². The number of hydrogen-bond donors (Lipinski definition) is 2. The van der Waals surface area contributed by atoms with Crippen LogP contribution in [0.25, 0.3) is 39.6 Å². The summed E-state index contributed by atoms with van der Waals surface area (Å²) in [6.45, 7) is 10.5. The number of benzene rings is 4. The van der Waals surface area contributed by atoms with Crippen LogP contribution in [0.3, 0.4) is 0 Å². The molecule has 39 heavy (non-hydrogen) atoms. The van der Waals surface area contributed by atoms with Gasteiger partial charge in [0.2, 0.25) is 0 Å². The normalized spacial score (nSPS) is 18.4. The lowest BCUT2D eigenvalue weighted by Gasteiger charge is -2.17. The minimum atomic E-state index is 0.746. The summed E-state index contributed by atoms with van der Waals surface area (Å²) in [7, 11) is 3.76. The fraction of sp³-hybridized carbons (Fsp3) is 0.0857. The summed E-state index contributed by atoms with van der Waals surface area (Å²) in [6, 6.07) is 27.1. The zero-order valence-electron chi connectivity index (χ0n) is 22.6. The molecular formula is C35H32N4. The number of hydrogen-bond acceptors (Lipinski definition) is 4. The molecule has 4 aromatic carbocycles. The van der Waals surface area contributed by atoms with Crippen molar-refractivity contribution >= 4 is 28.5 Å². The second-order valence-corrected chi connectivity index (χ2v) is 9.38. The standard InChI is InChI=1S/C35H32N4/c1-6-24-16-19-28(23(2)3)34-29(25-12-8-7-9-13-25)20-17-26(33(24)34)22-27-18-21-32(36-4)35(37-5)39-31-15-11-10-14-30(31)38-27/h6-22,36-37H,1-2H2,3-5H3/b21-18-,27-22+,35-32+,38-30-,39-31-. The Labute approximate surface area is 229 Å². The third kappa shape index (κ3) is 5.10. The molecule has 0 saturated carbocycles. The average Bonchev–Trinajstić information content (AvgIpc) is 3.04. The first kappa shape index (κ1) is 25.7. The van der Waals surface area contributed by atoms with Gasteiger partial charge in [0.05, 0.1) is 22.1 Å². The second kappa shape index (κ2) is 11.2. The number of nitrogens with zero attached hydrogens (tertiary/aromatic N) is 2. The van der Waals surface area contributed by atoms with Crippen molar-refractivity contribution in [2.45, 2.75) is 6.92 Å². The summed E-state index contributed by atoms with van der Waals surface area (Å²) in [5.74, 6) is 0.746. The van der Waals surface area contributed by atoms with Gasteiger partial charge in [0, 0.05) is 14.1 Å². The SMILES string of the molecule is C=Cc1ccc(C(=C)C)c2c(-c3ccccc3)ccc(/C=C3\C=C/C(NC)=C(NC)\N=c4\cccc\c4=N\3)c12. The van der Waals surface area contributed by atoms with Crippen LogP contribution in [0.4, 0.5) is 0 Å². The fourth-order valence-electron chi connectivity index (χ4n) is 4.94. The van der Waals surface area contributed by atoms with Crippen LogP contribution in [0.1, 0.15) is 23.6 Å². The molecule has 192 valence electrons. The molecule has 5 rings (SSSR count). The highest BCUT2D eigenvalue weighted by molar-refractivity contribution is 6.10. The molecule has 4 aromatic rings. The smallest absolute Gasteiger partial charge is 0.149 e. The van der Waals surface area contributed by atoms with E-state index in [9.17, 15) is 0 Å². The lowest BCUT2D eigenvalue weighted by atomic mass is 9.87. The van der Waals surface area contributed by atoms with Crippen LogP contribution in [-0.2, 0) is 0 Å². The maximum Gasteiger partial charge on any atom is 0.149 e. The first-order chi connectivity index (χ1) is 19.0. The van der Waals surface area contributed by atoms with E-state index in [0.717, 1.165) is 66.5 Å². The van der Waals surface area contributed by atoms with Crippen LogP contribution >= 0.6 is 0 Å². The minimum Gasteiger partial charge on any atom is -0.385 e. The first-order valence-corrected chi connectivity index (χ1v) is 13.0. The lowest BCUT2D eigenvalue weighted by molar-refractivity contribution is 0.872. The third-order valence-electron chi connectivity index (χ3n) is 6.84. The van der Waals surface area contributed by atoms with Gasteiger partial charge >= 0.3 is 0 Å². The molecule has 0 spiro atoms. The van der Waals surface area contributed by atoms with Crippen LogP contribution in [-0.4, -0.2) is 14.1 Å². The zero-order valence-corrected chi connectivity index (χ0v) is 22.6. The Balaban J connectivity index is 1.86. The highest BCUT2D eigenvalue weighted by atomic mass is 15.0. The molecule has 4 heteroatoms. The number of fused-ring (bicyclic) bond motifs is 2. The number of rotatable bonds is 6. The molecule has 1 aliphatic heterocycles. The van der Waals surface area contributed by atoms with Gasteiger partial charge in [-0.15, -0.1) is 0 Å². The molecule has 0 saturated heterocycles. The first-order valence-electron chi connectivity index (χ1n) is 13.0. The molecule has 0 aliphatic carbocycles. The highest BCUT2D eigenvalue weighted by Crippen LogP contribution is 2.38. The van der Waals surface area contributed by atoms with Crippen LogP contribution in [0.2, 0.25) is 0 Å². The van der Waals surface area contributed by atoms with E-state index in [-0.39, 0.29) is 0 Å². The van der Waals surface area contributed by atoms with E-state index in [2.05, 4.69) is 85.3 Å². The van der Waals surface area contributed by atoms with Crippen molar-refractivity contribution in [3.05, 3.63) is 149 Å². The number of nitrogens with one attached hydrogen (secondary N) is 2. The molecule has 0 atom stereocenters. The Morgan fingerprint density at radius 2 is 1.44 bits per heavy atom. The van der Waals surface area contributed by atoms with Gasteiger partial charge < -0.3 is 10.6 Å². The largest absolute Gasteiger partial charge is 0.385 e. The van der Waals surface area contributed by atoms with Gasteiger partial charge in [0.15, 0.2) is 0 Å². The van der Waals surface area contributed by atoms with Crippen molar-refractivity contribution < 1.29 is 0 Å². The van der Waals surface area contributed by atoms with Crippen LogP contribution in [0.15, 0.2) is 131 Å². The minimum absolute atomic E-state index is 0.746. The van der Waals surface area contributed by atoms with E-state index >= 15 is 0 Å². The Morgan fingerprint density at radius 3 is 2.10 bits per heavy atom. The molecule has 4 nitrogen and oxygen atoms in total. The lowest BCUT2D eigenvalue weighted by Crippen LogP contribution is -2.26. The summed E-state index contributed by atoms with van der Waals surface area (Å²) in [4.78, 5) is 9.88. The van der Waals surface area contributed by atoms with Gasteiger partial charge in [0.1, 0.15) is 5.82 Å². The van der Waals surface area contributed by atoms with Crippen molar-refractivity contribution in [1.29, 1.82) is 0 Å². The van der Waals surface area contributed by atoms with E-state index in [1.54, 1.807) is 0 Å². The van der Waals surface area contributed by atoms with E-state index in [4.69, 9.17) is 9.98 Å². The summed E-state index contributed by atoms with van der Waals surface area (Å²) >= 11 is 0. The van der Waals surface area contributed by atoms with E-state index in [1.807, 2.05) is 62.7 Å². The molecule has 0 fully saturated rings. The molecule has 0 amide bonds. The monoisotopic (exact) mass is 508 g/mol.